The average molecular weight is 405 g/mol. The van der Waals surface area contributed by atoms with Crippen molar-refractivity contribution in [2.75, 3.05) is 26.2 Å². The fraction of sp³-hybridized carbons (Fsp3) is 0.316. The van der Waals surface area contributed by atoms with E-state index in [0.29, 0.717) is 29.1 Å². The molecule has 3 heterocycles. The molecule has 1 aliphatic rings. The Morgan fingerprint density at radius 2 is 1.79 bits per heavy atom. The van der Waals surface area contributed by atoms with E-state index in [4.69, 9.17) is 0 Å². The lowest BCUT2D eigenvalue weighted by Gasteiger charge is -2.27. The number of halogens is 3. The number of alkyl halides is 3. The molecule has 0 spiro atoms. The van der Waals surface area contributed by atoms with Gasteiger partial charge in [-0.2, -0.15) is 13.2 Å². The Labute approximate surface area is 163 Å². The summed E-state index contributed by atoms with van der Waals surface area (Å²) in [7, 11) is 0. The van der Waals surface area contributed by atoms with Gasteiger partial charge in [-0.1, -0.05) is 0 Å². The van der Waals surface area contributed by atoms with E-state index < -0.39 is 16.7 Å². The van der Waals surface area contributed by atoms with Crippen LogP contribution in [0.4, 0.5) is 18.9 Å². The molecule has 7 nitrogen and oxygen atoms in total. The molecule has 0 radical (unpaired) electrons. The zero-order chi connectivity index (χ0) is 20.6. The van der Waals surface area contributed by atoms with Crippen LogP contribution in [0.1, 0.15) is 11.3 Å². The van der Waals surface area contributed by atoms with Gasteiger partial charge in [-0.15, -0.1) is 0 Å². The second kappa shape index (κ2) is 7.45. The van der Waals surface area contributed by atoms with E-state index in [1.54, 1.807) is 12.1 Å². The Bertz CT molecular complexity index is 1040. The van der Waals surface area contributed by atoms with Crippen LogP contribution in [-0.4, -0.2) is 45.4 Å². The number of non-ortho nitro benzene ring substituents is 1. The summed E-state index contributed by atoms with van der Waals surface area (Å²) in [5.74, 6) is 0. The van der Waals surface area contributed by atoms with Gasteiger partial charge in [0.15, 0.2) is 0 Å². The second-order valence-electron chi connectivity index (χ2n) is 6.88. The monoisotopic (exact) mass is 405 g/mol. The molecule has 1 N–H and O–H groups in total. The molecule has 0 saturated carbocycles. The van der Waals surface area contributed by atoms with Crippen molar-refractivity contribution in [2.24, 2.45) is 0 Å². The summed E-state index contributed by atoms with van der Waals surface area (Å²) in [6, 6.07) is 8.25. The van der Waals surface area contributed by atoms with Crippen LogP contribution in [0.25, 0.3) is 16.9 Å². The van der Waals surface area contributed by atoms with Gasteiger partial charge in [0.25, 0.3) is 5.69 Å². The number of piperazine rings is 1. The molecule has 0 unspecified atom stereocenters. The molecule has 0 atom stereocenters. The van der Waals surface area contributed by atoms with E-state index in [9.17, 15) is 23.3 Å². The molecule has 152 valence electrons. The summed E-state index contributed by atoms with van der Waals surface area (Å²) in [6.45, 7) is 3.57. The van der Waals surface area contributed by atoms with Crippen molar-refractivity contribution in [3.8, 4) is 11.3 Å². The van der Waals surface area contributed by atoms with E-state index in [1.165, 1.54) is 22.6 Å². The molecule has 0 aliphatic carbocycles. The number of hydrogen-bond acceptors (Lipinski definition) is 5. The largest absolute Gasteiger partial charge is 0.417 e. The second-order valence-corrected chi connectivity index (χ2v) is 6.88. The van der Waals surface area contributed by atoms with Gasteiger partial charge in [-0.25, -0.2) is 4.98 Å². The number of nitrogens with zero attached hydrogens (tertiary/aromatic N) is 4. The lowest BCUT2D eigenvalue weighted by Crippen LogP contribution is -2.43. The zero-order valence-electron chi connectivity index (χ0n) is 15.3. The quantitative estimate of drug-likeness (QED) is 0.532. The lowest BCUT2D eigenvalue weighted by atomic mass is 10.1. The fourth-order valence-electron chi connectivity index (χ4n) is 3.47. The Hall–Kier alpha value is -2.98. The van der Waals surface area contributed by atoms with Crippen LogP contribution >= 0.6 is 0 Å². The smallest absolute Gasteiger partial charge is 0.314 e. The Balaban J connectivity index is 1.83. The van der Waals surface area contributed by atoms with Gasteiger partial charge in [0, 0.05) is 56.6 Å². The van der Waals surface area contributed by atoms with Gasteiger partial charge in [-0.3, -0.25) is 15.0 Å². The van der Waals surface area contributed by atoms with Crippen LogP contribution in [0.15, 0.2) is 42.6 Å². The first-order valence-electron chi connectivity index (χ1n) is 9.09. The predicted octanol–water partition coefficient (Wildman–Crippen LogP) is 3.33. The van der Waals surface area contributed by atoms with Crippen LogP contribution in [-0.2, 0) is 12.7 Å². The van der Waals surface area contributed by atoms with Gasteiger partial charge in [0.2, 0.25) is 0 Å². The van der Waals surface area contributed by atoms with Gasteiger partial charge in [-0.05, 0) is 24.3 Å². The van der Waals surface area contributed by atoms with Crippen LogP contribution in [0.3, 0.4) is 0 Å². The van der Waals surface area contributed by atoms with Crippen molar-refractivity contribution in [1.29, 1.82) is 0 Å². The number of nitro benzene ring substituents is 1. The number of nitro groups is 1. The predicted molar refractivity (Wildman–Crippen MR) is 100 cm³/mol. The Morgan fingerprint density at radius 3 is 2.41 bits per heavy atom. The van der Waals surface area contributed by atoms with Crippen molar-refractivity contribution >= 4 is 11.3 Å². The molecule has 1 aliphatic heterocycles. The van der Waals surface area contributed by atoms with Crippen LogP contribution < -0.4 is 5.32 Å². The van der Waals surface area contributed by atoms with E-state index in [2.05, 4.69) is 15.2 Å². The van der Waals surface area contributed by atoms with E-state index in [-0.39, 0.29) is 5.69 Å². The van der Waals surface area contributed by atoms with E-state index >= 15 is 0 Å². The van der Waals surface area contributed by atoms with Crippen molar-refractivity contribution in [3.05, 3.63) is 64.0 Å². The average Bonchev–Trinajstić information content (AvgIpc) is 3.06. The third-order valence-corrected chi connectivity index (χ3v) is 4.98. The minimum atomic E-state index is -4.46. The summed E-state index contributed by atoms with van der Waals surface area (Å²) >= 11 is 0. The number of nitrogens with one attached hydrogen (secondary N) is 1. The molecule has 1 saturated heterocycles. The maximum atomic E-state index is 13.2. The molecule has 1 fully saturated rings. The fourth-order valence-corrected chi connectivity index (χ4v) is 3.47. The van der Waals surface area contributed by atoms with Crippen LogP contribution in [0.5, 0.6) is 0 Å². The highest BCUT2D eigenvalue weighted by atomic mass is 19.4. The maximum absolute atomic E-state index is 13.2. The van der Waals surface area contributed by atoms with E-state index in [1.807, 2.05) is 0 Å². The van der Waals surface area contributed by atoms with Gasteiger partial charge in [0.05, 0.1) is 21.9 Å². The summed E-state index contributed by atoms with van der Waals surface area (Å²) < 4.78 is 41.2. The highest BCUT2D eigenvalue weighted by Gasteiger charge is 2.31. The summed E-state index contributed by atoms with van der Waals surface area (Å²) in [5, 5.41) is 14.2. The molecule has 1 aromatic carbocycles. The summed E-state index contributed by atoms with van der Waals surface area (Å²) in [6.07, 6.45) is -3.40. The van der Waals surface area contributed by atoms with Crippen molar-refractivity contribution in [2.45, 2.75) is 12.7 Å². The third-order valence-electron chi connectivity index (χ3n) is 4.98. The van der Waals surface area contributed by atoms with Gasteiger partial charge >= 0.3 is 6.18 Å². The molecule has 4 rings (SSSR count). The van der Waals surface area contributed by atoms with Crippen LogP contribution in [0, 0.1) is 10.1 Å². The molecule has 3 aromatic rings. The molecule has 29 heavy (non-hydrogen) atoms. The Morgan fingerprint density at radius 1 is 1.10 bits per heavy atom. The molecule has 10 heteroatoms. The third kappa shape index (κ3) is 3.94. The first-order valence-corrected chi connectivity index (χ1v) is 9.09. The topological polar surface area (TPSA) is 75.7 Å². The number of hydrogen-bond donors (Lipinski definition) is 1. The summed E-state index contributed by atoms with van der Waals surface area (Å²) in [4.78, 5) is 17.1. The zero-order valence-corrected chi connectivity index (χ0v) is 15.3. The Kier molecular flexibility index (Phi) is 4.97. The standard InChI is InChI=1S/C19H18F3N5O2/c20-19(21,22)14-3-6-17-24-18(13-1-4-15(5-2-13)27(28)29)16(26(17)11-14)12-25-9-7-23-8-10-25/h1-6,11,23H,7-10,12H2. The molecule has 2 aromatic heterocycles. The van der Waals surface area contributed by atoms with Crippen molar-refractivity contribution in [1.82, 2.24) is 19.6 Å². The number of fused-ring (bicyclic) bond motifs is 1. The van der Waals surface area contributed by atoms with Crippen LogP contribution in [0.2, 0.25) is 0 Å². The molecular formula is C19H18F3N5O2. The number of aromatic nitrogens is 2. The minimum absolute atomic E-state index is 0.0551. The van der Waals surface area contributed by atoms with Crippen molar-refractivity contribution in [3.63, 3.8) is 0 Å². The molecule has 0 amide bonds. The van der Waals surface area contributed by atoms with Gasteiger partial charge in [0.1, 0.15) is 5.65 Å². The number of imidazole rings is 1. The lowest BCUT2D eigenvalue weighted by molar-refractivity contribution is -0.384. The van der Waals surface area contributed by atoms with Gasteiger partial charge < -0.3 is 9.72 Å². The molecule has 0 bridgehead atoms. The SMILES string of the molecule is O=[N+]([O-])c1ccc(-c2nc3ccc(C(F)(F)F)cn3c2CN2CCNCC2)cc1. The highest BCUT2D eigenvalue weighted by Crippen LogP contribution is 2.32. The maximum Gasteiger partial charge on any atom is 0.417 e. The number of pyridine rings is 1. The summed E-state index contributed by atoms with van der Waals surface area (Å²) in [5.41, 5.74) is 1.37. The molecular weight excluding hydrogens is 387 g/mol. The van der Waals surface area contributed by atoms with E-state index in [0.717, 1.165) is 38.4 Å². The normalized spacial score (nSPS) is 15.7. The minimum Gasteiger partial charge on any atom is -0.314 e. The van der Waals surface area contributed by atoms with Crippen molar-refractivity contribution < 1.29 is 18.1 Å². The highest BCUT2D eigenvalue weighted by molar-refractivity contribution is 5.68. The first-order chi connectivity index (χ1) is 13.8. The first kappa shape index (κ1) is 19.3. The number of rotatable bonds is 4. The number of benzene rings is 1.